The first-order chi connectivity index (χ1) is 19.9. The number of aromatic nitrogens is 3. The summed E-state index contributed by atoms with van der Waals surface area (Å²) in [6.45, 7) is 8.69. The SMILES string of the molecule is CCOc1ccc(C2C(C(=O)Nc3ccccc3C)=C(C)Nc3nc(SCc4ccccc4Cl)nn32)cc1OCC. The van der Waals surface area contributed by atoms with Crippen molar-refractivity contribution in [2.24, 2.45) is 0 Å². The summed E-state index contributed by atoms with van der Waals surface area (Å²) in [6.07, 6.45) is 0. The van der Waals surface area contributed by atoms with Crippen LogP contribution >= 0.6 is 23.4 Å². The molecule has 10 heteroatoms. The van der Waals surface area contributed by atoms with Gasteiger partial charge in [0.05, 0.1) is 18.8 Å². The molecule has 212 valence electrons. The zero-order valence-corrected chi connectivity index (χ0v) is 25.0. The Morgan fingerprint density at radius 2 is 1.76 bits per heavy atom. The van der Waals surface area contributed by atoms with Crippen molar-refractivity contribution in [2.45, 2.75) is 44.6 Å². The third-order valence-electron chi connectivity index (χ3n) is 6.67. The third kappa shape index (κ3) is 6.21. The monoisotopic (exact) mass is 589 g/mol. The second-order valence-electron chi connectivity index (χ2n) is 9.45. The molecule has 4 aromatic rings. The van der Waals surface area contributed by atoms with Gasteiger partial charge in [-0.25, -0.2) is 4.68 Å². The molecule has 0 bridgehead atoms. The van der Waals surface area contributed by atoms with Gasteiger partial charge in [-0.3, -0.25) is 4.79 Å². The number of para-hydroxylation sites is 1. The van der Waals surface area contributed by atoms with E-state index in [2.05, 4.69) is 10.6 Å². The summed E-state index contributed by atoms with van der Waals surface area (Å²) in [6, 6.07) is 20.6. The van der Waals surface area contributed by atoms with E-state index in [0.29, 0.717) is 57.9 Å². The molecule has 1 unspecified atom stereocenters. The molecule has 0 fully saturated rings. The van der Waals surface area contributed by atoms with Crippen LogP contribution in [0.3, 0.4) is 0 Å². The van der Waals surface area contributed by atoms with Gasteiger partial charge in [0.25, 0.3) is 5.91 Å². The van der Waals surface area contributed by atoms with E-state index < -0.39 is 6.04 Å². The van der Waals surface area contributed by atoms with Gasteiger partial charge < -0.3 is 20.1 Å². The van der Waals surface area contributed by atoms with Gasteiger partial charge >= 0.3 is 0 Å². The van der Waals surface area contributed by atoms with E-state index >= 15 is 0 Å². The Hall–Kier alpha value is -3.95. The average Bonchev–Trinajstić information content (AvgIpc) is 3.36. The zero-order chi connectivity index (χ0) is 28.9. The number of amides is 1. The van der Waals surface area contributed by atoms with Gasteiger partial charge in [-0.15, -0.1) is 5.10 Å². The van der Waals surface area contributed by atoms with Gasteiger partial charge in [0.1, 0.15) is 6.04 Å². The molecule has 0 saturated heterocycles. The molecule has 1 amide bonds. The topological polar surface area (TPSA) is 90.3 Å². The van der Waals surface area contributed by atoms with Gasteiger partial charge in [0.2, 0.25) is 11.1 Å². The van der Waals surface area contributed by atoms with Crippen molar-refractivity contribution in [1.82, 2.24) is 14.8 Å². The molecule has 1 aromatic heterocycles. The quantitative estimate of drug-likeness (QED) is 0.188. The highest BCUT2D eigenvalue weighted by atomic mass is 35.5. The highest BCUT2D eigenvalue weighted by Crippen LogP contribution is 2.40. The number of hydrogen-bond donors (Lipinski definition) is 2. The van der Waals surface area contributed by atoms with Crippen LogP contribution in [-0.2, 0) is 10.5 Å². The number of allylic oxidation sites excluding steroid dienone is 1. The fourth-order valence-electron chi connectivity index (χ4n) is 4.69. The standard InChI is InChI=1S/C31H32ClN5O3S/c1-5-39-25-16-15-21(17-26(25)40-6-2)28-27(29(38)34-24-14-10-7-11-19(24)3)20(4)33-30-35-31(36-37(28)30)41-18-22-12-8-9-13-23(22)32/h7-17,28H,5-6,18H2,1-4H3,(H,34,38)(H,33,35,36). The first-order valence-corrected chi connectivity index (χ1v) is 14.8. The lowest BCUT2D eigenvalue weighted by molar-refractivity contribution is -0.113. The molecule has 8 nitrogen and oxygen atoms in total. The van der Waals surface area contributed by atoms with Crippen molar-refractivity contribution in [3.8, 4) is 11.5 Å². The van der Waals surface area contributed by atoms with E-state index in [4.69, 9.17) is 31.2 Å². The highest BCUT2D eigenvalue weighted by molar-refractivity contribution is 7.98. The Labute approximate surface area is 249 Å². The fraction of sp³-hybridized carbons (Fsp3) is 0.258. The lowest BCUT2D eigenvalue weighted by atomic mass is 9.94. The van der Waals surface area contributed by atoms with Crippen molar-refractivity contribution < 1.29 is 14.3 Å². The van der Waals surface area contributed by atoms with Crippen LogP contribution in [0.25, 0.3) is 0 Å². The van der Waals surface area contributed by atoms with Crippen LogP contribution in [-0.4, -0.2) is 33.9 Å². The van der Waals surface area contributed by atoms with Gasteiger partial charge in [-0.1, -0.05) is 65.8 Å². The average molecular weight is 590 g/mol. The van der Waals surface area contributed by atoms with Gasteiger partial charge in [0, 0.05) is 22.2 Å². The number of carbonyl (C=O) groups excluding carboxylic acids is 1. The molecular weight excluding hydrogens is 558 g/mol. The van der Waals surface area contributed by atoms with E-state index in [-0.39, 0.29) is 5.91 Å². The summed E-state index contributed by atoms with van der Waals surface area (Å²) in [5, 5.41) is 12.5. The van der Waals surface area contributed by atoms with E-state index in [9.17, 15) is 4.79 Å². The van der Waals surface area contributed by atoms with Crippen molar-refractivity contribution in [2.75, 3.05) is 23.8 Å². The molecule has 0 spiro atoms. The predicted octanol–water partition coefficient (Wildman–Crippen LogP) is 7.26. The van der Waals surface area contributed by atoms with Crippen molar-refractivity contribution in [3.05, 3.63) is 99.7 Å². The molecule has 0 aliphatic carbocycles. The summed E-state index contributed by atoms with van der Waals surface area (Å²) in [5.74, 6) is 2.18. The molecule has 0 radical (unpaired) electrons. The molecule has 1 aliphatic heterocycles. The van der Waals surface area contributed by atoms with Crippen molar-refractivity contribution in [3.63, 3.8) is 0 Å². The van der Waals surface area contributed by atoms with Crippen LogP contribution in [0.5, 0.6) is 11.5 Å². The van der Waals surface area contributed by atoms with Gasteiger partial charge in [-0.2, -0.15) is 4.98 Å². The first-order valence-electron chi connectivity index (χ1n) is 13.5. The fourth-order valence-corrected chi connectivity index (χ4v) is 5.81. The molecule has 0 saturated carbocycles. The maximum atomic E-state index is 13.9. The lowest BCUT2D eigenvalue weighted by Crippen LogP contribution is -2.31. The number of halogens is 1. The first kappa shape index (κ1) is 28.6. The van der Waals surface area contributed by atoms with Crippen LogP contribution in [0.15, 0.2) is 83.2 Å². The van der Waals surface area contributed by atoms with Gasteiger partial charge in [-0.05, 0) is 68.7 Å². The molecule has 2 N–H and O–H groups in total. The summed E-state index contributed by atoms with van der Waals surface area (Å²) in [5.41, 5.74) is 4.76. The number of ether oxygens (including phenoxy) is 2. The molecule has 1 aliphatic rings. The van der Waals surface area contributed by atoms with Crippen LogP contribution in [0.4, 0.5) is 11.6 Å². The molecule has 3 aromatic carbocycles. The maximum absolute atomic E-state index is 13.9. The number of carbonyl (C=O) groups is 1. The van der Waals surface area contributed by atoms with Gasteiger partial charge in [0.15, 0.2) is 11.5 Å². The molecule has 2 heterocycles. The Morgan fingerprint density at radius 1 is 1.02 bits per heavy atom. The molecule has 5 rings (SSSR count). The number of rotatable bonds is 10. The Balaban J connectivity index is 1.55. The number of thioether (sulfide) groups is 1. The van der Waals surface area contributed by atoms with Crippen LogP contribution < -0.4 is 20.1 Å². The van der Waals surface area contributed by atoms with E-state index in [1.165, 1.54) is 11.8 Å². The minimum atomic E-state index is -0.563. The number of anilines is 2. The summed E-state index contributed by atoms with van der Waals surface area (Å²) < 4.78 is 13.5. The second-order valence-corrected chi connectivity index (χ2v) is 10.8. The maximum Gasteiger partial charge on any atom is 0.255 e. The molecule has 1 atom stereocenters. The summed E-state index contributed by atoms with van der Waals surface area (Å²) in [4.78, 5) is 18.7. The van der Waals surface area contributed by atoms with E-state index in [0.717, 1.165) is 22.4 Å². The normalized spacial score (nSPS) is 14.3. The lowest BCUT2D eigenvalue weighted by Gasteiger charge is -2.29. The predicted molar refractivity (Wildman–Crippen MR) is 164 cm³/mol. The van der Waals surface area contributed by atoms with Crippen molar-refractivity contribution >= 4 is 40.9 Å². The number of nitrogens with one attached hydrogen (secondary N) is 2. The molecular formula is C31H32ClN5O3S. The number of benzene rings is 3. The zero-order valence-electron chi connectivity index (χ0n) is 23.4. The minimum Gasteiger partial charge on any atom is -0.490 e. The molecule has 41 heavy (non-hydrogen) atoms. The highest BCUT2D eigenvalue weighted by Gasteiger charge is 2.35. The van der Waals surface area contributed by atoms with Crippen LogP contribution in [0.1, 0.15) is 43.5 Å². The van der Waals surface area contributed by atoms with Crippen LogP contribution in [0.2, 0.25) is 5.02 Å². The van der Waals surface area contributed by atoms with E-state index in [1.54, 1.807) is 4.68 Å². The number of aryl methyl sites for hydroxylation is 1. The smallest absolute Gasteiger partial charge is 0.255 e. The second kappa shape index (κ2) is 12.7. The number of fused-ring (bicyclic) bond motifs is 1. The largest absolute Gasteiger partial charge is 0.490 e. The van der Waals surface area contributed by atoms with Crippen molar-refractivity contribution in [1.29, 1.82) is 0 Å². The van der Waals surface area contributed by atoms with Crippen LogP contribution in [0, 0.1) is 6.92 Å². The number of nitrogens with zero attached hydrogens (tertiary/aromatic N) is 3. The van der Waals surface area contributed by atoms with E-state index in [1.807, 2.05) is 94.4 Å². The third-order valence-corrected chi connectivity index (χ3v) is 7.92. The Bertz CT molecular complexity index is 1600. The Morgan fingerprint density at radius 3 is 2.51 bits per heavy atom. The summed E-state index contributed by atoms with van der Waals surface area (Å²) in [7, 11) is 0. The number of hydrogen-bond acceptors (Lipinski definition) is 7. The minimum absolute atomic E-state index is 0.229. The summed E-state index contributed by atoms with van der Waals surface area (Å²) >= 11 is 7.86. The Kier molecular flexibility index (Phi) is 8.85.